The van der Waals surface area contributed by atoms with Gasteiger partial charge in [0.25, 0.3) is 0 Å². The van der Waals surface area contributed by atoms with Gasteiger partial charge in [0.15, 0.2) is 11.5 Å². The fourth-order valence-electron chi connectivity index (χ4n) is 1.99. The quantitative estimate of drug-likeness (QED) is 0.715. The van der Waals surface area contributed by atoms with E-state index >= 15 is 0 Å². The number of H-pyrrole nitrogens is 1. The summed E-state index contributed by atoms with van der Waals surface area (Å²) in [5.41, 5.74) is 1.56. The van der Waals surface area contributed by atoms with Gasteiger partial charge in [-0.3, -0.25) is 0 Å². The number of aromatic amines is 1. The van der Waals surface area contributed by atoms with Crippen LogP contribution >= 0.6 is 0 Å². The van der Waals surface area contributed by atoms with Crippen LogP contribution in [0.2, 0.25) is 0 Å². The molecular weight excluding hydrogens is 240 g/mol. The average Bonchev–Trinajstić information content (AvgIpc) is 2.85. The molecule has 2 aromatic rings. The summed E-state index contributed by atoms with van der Waals surface area (Å²) in [7, 11) is 0. The minimum atomic E-state index is 0.380. The van der Waals surface area contributed by atoms with Crippen molar-refractivity contribution >= 4 is 22.9 Å². The van der Waals surface area contributed by atoms with Crippen molar-refractivity contribution in [3.05, 3.63) is 6.33 Å². The summed E-state index contributed by atoms with van der Waals surface area (Å²) in [5.74, 6) is 1.45. The lowest BCUT2D eigenvalue weighted by Crippen LogP contribution is -2.17. The molecule has 6 heteroatoms. The third kappa shape index (κ3) is 3.33. The van der Waals surface area contributed by atoms with E-state index in [-0.39, 0.29) is 0 Å². The van der Waals surface area contributed by atoms with Gasteiger partial charge in [0.2, 0.25) is 5.95 Å². The predicted octanol–water partition coefficient (Wildman–Crippen LogP) is 2.78. The SMILES string of the molecule is CCCNc1nc(NC(C)CCC)c2[nH]cnc2n1. The Morgan fingerprint density at radius 3 is 2.84 bits per heavy atom. The number of nitrogens with zero attached hydrogens (tertiary/aromatic N) is 3. The first-order valence-electron chi connectivity index (χ1n) is 6.96. The van der Waals surface area contributed by atoms with Crippen LogP contribution in [0.1, 0.15) is 40.0 Å². The molecule has 0 saturated carbocycles. The van der Waals surface area contributed by atoms with Crippen molar-refractivity contribution in [2.45, 2.75) is 46.1 Å². The second-order valence-electron chi connectivity index (χ2n) is 4.76. The zero-order valence-corrected chi connectivity index (χ0v) is 11.8. The molecule has 19 heavy (non-hydrogen) atoms. The third-order valence-electron chi connectivity index (χ3n) is 2.92. The summed E-state index contributed by atoms with van der Waals surface area (Å²) in [6.45, 7) is 7.31. The molecule has 0 radical (unpaired) electrons. The number of rotatable bonds is 7. The number of anilines is 2. The summed E-state index contributed by atoms with van der Waals surface area (Å²) in [6.07, 6.45) is 4.94. The van der Waals surface area contributed by atoms with E-state index in [9.17, 15) is 0 Å². The molecule has 0 aliphatic heterocycles. The van der Waals surface area contributed by atoms with Gasteiger partial charge in [0.05, 0.1) is 6.33 Å². The lowest BCUT2D eigenvalue weighted by atomic mass is 10.2. The number of aromatic nitrogens is 4. The van der Waals surface area contributed by atoms with Crippen molar-refractivity contribution in [1.82, 2.24) is 19.9 Å². The van der Waals surface area contributed by atoms with Crippen molar-refractivity contribution < 1.29 is 0 Å². The smallest absolute Gasteiger partial charge is 0.226 e. The zero-order valence-electron chi connectivity index (χ0n) is 11.8. The maximum atomic E-state index is 4.53. The Morgan fingerprint density at radius 1 is 1.26 bits per heavy atom. The summed E-state index contributed by atoms with van der Waals surface area (Å²) in [6, 6.07) is 0.380. The molecular formula is C13H22N6. The van der Waals surface area contributed by atoms with E-state index in [2.05, 4.69) is 51.3 Å². The van der Waals surface area contributed by atoms with E-state index < -0.39 is 0 Å². The summed E-state index contributed by atoms with van der Waals surface area (Å²) >= 11 is 0. The van der Waals surface area contributed by atoms with E-state index in [0.717, 1.165) is 37.1 Å². The summed E-state index contributed by atoms with van der Waals surface area (Å²) in [5, 5.41) is 6.63. The molecule has 0 aromatic carbocycles. The number of hydrogen-bond donors (Lipinski definition) is 3. The Hall–Kier alpha value is -1.85. The van der Waals surface area contributed by atoms with Crippen molar-refractivity contribution in [3.8, 4) is 0 Å². The molecule has 0 aliphatic carbocycles. The van der Waals surface area contributed by atoms with Crippen LogP contribution in [-0.2, 0) is 0 Å². The van der Waals surface area contributed by atoms with E-state index in [0.29, 0.717) is 17.6 Å². The Morgan fingerprint density at radius 2 is 2.11 bits per heavy atom. The standard InChI is InChI=1S/C13H22N6/c1-4-6-9(3)17-12-10-11(16-8-15-10)18-13(19-12)14-7-5-2/h8-9H,4-7H2,1-3H3,(H3,14,15,16,17,18,19). The first-order valence-corrected chi connectivity index (χ1v) is 6.96. The number of nitrogens with one attached hydrogen (secondary N) is 3. The van der Waals surface area contributed by atoms with Gasteiger partial charge in [0, 0.05) is 12.6 Å². The molecule has 2 rings (SSSR count). The van der Waals surface area contributed by atoms with Crippen LogP contribution in [-0.4, -0.2) is 32.5 Å². The van der Waals surface area contributed by atoms with Gasteiger partial charge in [-0.1, -0.05) is 20.3 Å². The summed E-state index contributed by atoms with van der Waals surface area (Å²) in [4.78, 5) is 16.2. The minimum Gasteiger partial charge on any atom is -0.366 e. The Balaban J connectivity index is 2.25. The van der Waals surface area contributed by atoms with Gasteiger partial charge >= 0.3 is 0 Å². The Labute approximate surface area is 113 Å². The number of hydrogen-bond acceptors (Lipinski definition) is 5. The van der Waals surface area contributed by atoms with Crippen LogP contribution in [0.3, 0.4) is 0 Å². The fraction of sp³-hybridized carbons (Fsp3) is 0.615. The molecule has 1 atom stereocenters. The minimum absolute atomic E-state index is 0.380. The number of imidazole rings is 1. The maximum Gasteiger partial charge on any atom is 0.226 e. The molecule has 2 aromatic heterocycles. The van der Waals surface area contributed by atoms with Crippen molar-refractivity contribution in [3.63, 3.8) is 0 Å². The van der Waals surface area contributed by atoms with Gasteiger partial charge in [0.1, 0.15) is 5.52 Å². The van der Waals surface area contributed by atoms with Crippen LogP contribution < -0.4 is 10.6 Å². The van der Waals surface area contributed by atoms with Crippen molar-refractivity contribution in [2.24, 2.45) is 0 Å². The molecule has 0 saturated heterocycles. The molecule has 0 aliphatic rings. The fourth-order valence-corrected chi connectivity index (χ4v) is 1.99. The lowest BCUT2D eigenvalue weighted by molar-refractivity contribution is 0.688. The molecule has 6 nitrogen and oxygen atoms in total. The molecule has 0 bridgehead atoms. The van der Waals surface area contributed by atoms with Crippen molar-refractivity contribution in [2.75, 3.05) is 17.2 Å². The number of fused-ring (bicyclic) bond motifs is 1. The molecule has 0 amide bonds. The molecule has 0 fully saturated rings. The average molecular weight is 262 g/mol. The van der Waals surface area contributed by atoms with Crippen LogP contribution in [0.15, 0.2) is 6.33 Å². The largest absolute Gasteiger partial charge is 0.366 e. The van der Waals surface area contributed by atoms with Gasteiger partial charge in [-0.2, -0.15) is 9.97 Å². The van der Waals surface area contributed by atoms with Crippen molar-refractivity contribution in [1.29, 1.82) is 0 Å². The normalized spacial score (nSPS) is 12.6. The highest BCUT2D eigenvalue weighted by atomic mass is 15.2. The van der Waals surface area contributed by atoms with E-state index in [1.165, 1.54) is 0 Å². The van der Waals surface area contributed by atoms with Gasteiger partial charge in [-0.15, -0.1) is 0 Å². The Bertz CT molecular complexity index is 521. The van der Waals surface area contributed by atoms with Crippen LogP contribution in [0.25, 0.3) is 11.2 Å². The molecule has 2 heterocycles. The van der Waals surface area contributed by atoms with E-state index in [4.69, 9.17) is 0 Å². The predicted molar refractivity (Wildman–Crippen MR) is 78.5 cm³/mol. The van der Waals surface area contributed by atoms with Crippen LogP contribution in [0.4, 0.5) is 11.8 Å². The van der Waals surface area contributed by atoms with Crippen LogP contribution in [0.5, 0.6) is 0 Å². The molecule has 0 spiro atoms. The molecule has 1 unspecified atom stereocenters. The Kier molecular flexibility index (Phi) is 4.54. The highest BCUT2D eigenvalue weighted by Crippen LogP contribution is 2.20. The van der Waals surface area contributed by atoms with Crippen LogP contribution in [0, 0.1) is 0 Å². The highest BCUT2D eigenvalue weighted by molar-refractivity contribution is 5.83. The second-order valence-corrected chi connectivity index (χ2v) is 4.76. The first-order chi connectivity index (χ1) is 9.24. The highest BCUT2D eigenvalue weighted by Gasteiger charge is 2.11. The summed E-state index contributed by atoms with van der Waals surface area (Å²) < 4.78 is 0. The van der Waals surface area contributed by atoms with E-state index in [1.54, 1.807) is 6.33 Å². The molecule has 104 valence electrons. The third-order valence-corrected chi connectivity index (χ3v) is 2.92. The lowest BCUT2D eigenvalue weighted by Gasteiger charge is -2.14. The van der Waals surface area contributed by atoms with Gasteiger partial charge in [-0.25, -0.2) is 4.98 Å². The second kappa shape index (κ2) is 6.36. The zero-order chi connectivity index (χ0) is 13.7. The van der Waals surface area contributed by atoms with Gasteiger partial charge in [-0.05, 0) is 19.8 Å². The monoisotopic (exact) mass is 262 g/mol. The topological polar surface area (TPSA) is 78.5 Å². The van der Waals surface area contributed by atoms with Gasteiger partial charge < -0.3 is 15.6 Å². The molecule has 3 N–H and O–H groups in total. The maximum absolute atomic E-state index is 4.53. The van der Waals surface area contributed by atoms with E-state index in [1.807, 2.05) is 0 Å². The first kappa shape index (κ1) is 13.6.